The van der Waals surface area contributed by atoms with Gasteiger partial charge in [-0.1, -0.05) is 32.4 Å². The Morgan fingerprint density at radius 3 is 2.81 bits per heavy atom. The van der Waals surface area contributed by atoms with E-state index in [0.717, 1.165) is 60.3 Å². The molecule has 0 unspecified atom stereocenters. The molecule has 4 aliphatic carbocycles. The highest BCUT2D eigenvalue weighted by atomic mass is 16.5. The number of rotatable bonds is 5. The van der Waals surface area contributed by atoms with Crippen LogP contribution in [0.2, 0.25) is 0 Å². The average molecular weight is 438 g/mol. The van der Waals surface area contributed by atoms with Gasteiger partial charge in [0, 0.05) is 6.20 Å². The van der Waals surface area contributed by atoms with Gasteiger partial charge >= 0.3 is 0 Å². The summed E-state index contributed by atoms with van der Waals surface area (Å²) in [5.41, 5.74) is 3.55. The van der Waals surface area contributed by atoms with Crippen LogP contribution in [0.1, 0.15) is 84.3 Å². The molecule has 3 heteroatoms. The first-order valence-electron chi connectivity index (χ1n) is 13.2. The Balaban J connectivity index is 1.30. The van der Waals surface area contributed by atoms with Gasteiger partial charge in [-0.2, -0.15) is 0 Å². The van der Waals surface area contributed by atoms with E-state index in [4.69, 9.17) is 4.74 Å². The molecule has 4 aliphatic rings. The minimum absolute atomic E-state index is 0.103. The van der Waals surface area contributed by atoms with Crippen molar-refractivity contribution in [3.05, 3.63) is 35.7 Å². The molecule has 3 nitrogen and oxygen atoms in total. The third-order valence-corrected chi connectivity index (χ3v) is 10.7. The minimum Gasteiger partial charge on any atom is -0.495 e. The fourth-order valence-corrected chi connectivity index (χ4v) is 8.98. The fourth-order valence-electron chi connectivity index (χ4n) is 8.98. The Labute approximate surface area is 195 Å². The van der Waals surface area contributed by atoms with E-state index in [2.05, 4.69) is 31.8 Å². The van der Waals surface area contributed by atoms with Gasteiger partial charge < -0.3 is 9.84 Å². The van der Waals surface area contributed by atoms with Crippen molar-refractivity contribution >= 4 is 0 Å². The Hall–Kier alpha value is -1.35. The maximum atomic E-state index is 10.3. The molecule has 0 saturated heterocycles. The molecule has 8 atom stereocenters. The molecule has 1 aromatic rings. The van der Waals surface area contributed by atoms with Crippen molar-refractivity contribution in [2.24, 2.45) is 40.4 Å². The van der Waals surface area contributed by atoms with Crippen LogP contribution in [0.5, 0.6) is 5.75 Å². The number of hydrogen-bond acceptors (Lipinski definition) is 3. The monoisotopic (exact) mass is 437 g/mol. The number of aliphatic hydroxyl groups is 1. The molecule has 0 amide bonds. The van der Waals surface area contributed by atoms with Crippen LogP contribution < -0.4 is 4.74 Å². The van der Waals surface area contributed by atoms with E-state index in [9.17, 15) is 5.11 Å². The second-order valence-corrected chi connectivity index (χ2v) is 12.1. The summed E-state index contributed by atoms with van der Waals surface area (Å²) in [6.07, 6.45) is 16.6. The number of hydrogen-bond donors (Lipinski definition) is 1. The number of aliphatic hydroxyl groups excluding tert-OH is 1. The van der Waals surface area contributed by atoms with E-state index in [1.54, 1.807) is 12.7 Å². The van der Waals surface area contributed by atoms with Crippen LogP contribution in [-0.2, 0) is 6.42 Å². The highest BCUT2D eigenvalue weighted by molar-refractivity contribution is 5.27. The van der Waals surface area contributed by atoms with Gasteiger partial charge in [0.2, 0.25) is 0 Å². The Morgan fingerprint density at radius 2 is 2.00 bits per heavy atom. The van der Waals surface area contributed by atoms with E-state index < -0.39 is 0 Å². The minimum atomic E-state index is -0.103. The number of aromatic nitrogens is 1. The number of pyridine rings is 1. The molecule has 3 saturated carbocycles. The highest BCUT2D eigenvalue weighted by Gasteiger charge is 2.59. The first-order chi connectivity index (χ1) is 15.4. The molecule has 32 heavy (non-hydrogen) atoms. The quantitative estimate of drug-likeness (QED) is 0.528. The van der Waals surface area contributed by atoms with E-state index in [1.165, 1.54) is 44.9 Å². The summed E-state index contributed by atoms with van der Waals surface area (Å²) in [5, 5.41) is 10.3. The van der Waals surface area contributed by atoms with Gasteiger partial charge in [-0.15, -0.1) is 0 Å². The SMILES string of the molecule is COc1cccnc1CC[C@@H](C)[C@H]1CC[C@H]2[C@@H]3CC=C4C[C@@H](O)CC[C@]4(C)[C@H]3CC[C@]12C. The summed E-state index contributed by atoms with van der Waals surface area (Å²) >= 11 is 0. The molecule has 0 aromatic carbocycles. The van der Waals surface area contributed by atoms with Crippen molar-refractivity contribution in [3.8, 4) is 5.75 Å². The molecule has 1 heterocycles. The molecule has 0 spiro atoms. The van der Waals surface area contributed by atoms with Crippen LogP contribution in [0.4, 0.5) is 0 Å². The van der Waals surface area contributed by atoms with Crippen LogP contribution >= 0.6 is 0 Å². The Bertz CT molecular complexity index is 864. The van der Waals surface area contributed by atoms with Crippen molar-refractivity contribution in [3.63, 3.8) is 0 Å². The zero-order valence-corrected chi connectivity index (χ0v) is 20.6. The summed E-state index contributed by atoms with van der Waals surface area (Å²) in [6.45, 7) is 7.69. The lowest BCUT2D eigenvalue weighted by molar-refractivity contribution is -0.0571. The van der Waals surface area contributed by atoms with E-state index in [-0.39, 0.29) is 6.10 Å². The third kappa shape index (κ3) is 3.54. The molecule has 0 aliphatic heterocycles. The van der Waals surface area contributed by atoms with Crippen molar-refractivity contribution in [2.75, 3.05) is 7.11 Å². The number of fused-ring (bicyclic) bond motifs is 5. The first kappa shape index (κ1) is 22.4. The van der Waals surface area contributed by atoms with Crippen LogP contribution in [0.3, 0.4) is 0 Å². The Morgan fingerprint density at radius 1 is 1.16 bits per heavy atom. The van der Waals surface area contributed by atoms with Crippen molar-refractivity contribution in [1.82, 2.24) is 4.98 Å². The van der Waals surface area contributed by atoms with Gasteiger partial charge in [0.1, 0.15) is 5.75 Å². The lowest BCUT2D eigenvalue weighted by Crippen LogP contribution is -2.50. The third-order valence-electron chi connectivity index (χ3n) is 10.7. The van der Waals surface area contributed by atoms with Crippen LogP contribution in [0, 0.1) is 40.4 Å². The first-order valence-corrected chi connectivity index (χ1v) is 13.2. The zero-order chi connectivity index (χ0) is 22.5. The second kappa shape index (κ2) is 8.46. The maximum Gasteiger partial charge on any atom is 0.140 e. The largest absolute Gasteiger partial charge is 0.495 e. The van der Waals surface area contributed by atoms with Gasteiger partial charge in [-0.05, 0) is 117 Å². The van der Waals surface area contributed by atoms with Gasteiger partial charge in [0.25, 0.3) is 0 Å². The predicted octanol–water partition coefficient (Wildman–Crippen LogP) is 6.60. The molecular weight excluding hydrogens is 394 g/mol. The predicted molar refractivity (Wildman–Crippen MR) is 129 cm³/mol. The molecule has 1 N–H and O–H groups in total. The molecule has 5 rings (SSSR count). The second-order valence-electron chi connectivity index (χ2n) is 12.1. The van der Waals surface area contributed by atoms with E-state index >= 15 is 0 Å². The highest BCUT2D eigenvalue weighted by Crippen LogP contribution is 2.67. The topological polar surface area (TPSA) is 42.4 Å². The van der Waals surface area contributed by atoms with Crippen molar-refractivity contribution in [2.45, 2.75) is 91.1 Å². The lowest BCUT2D eigenvalue weighted by Gasteiger charge is -2.58. The summed E-state index contributed by atoms with van der Waals surface area (Å²) in [6, 6.07) is 4.00. The van der Waals surface area contributed by atoms with Crippen LogP contribution in [-0.4, -0.2) is 23.3 Å². The zero-order valence-electron chi connectivity index (χ0n) is 20.6. The molecule has 1 aromatic heterocycles. The molecule has 176 valence electrons. The fraction of sp³-hybridized carbons (Fsp3) is 0.759. The molecule has 0 bridgehead atoms. The normalized spacial score (nSPS) is 41.8. The van der Waals surface area contributed by atoms with Gasteiger partial charge in [0.15, 0.2) is 0 Å². The van der Waals surface area contributed by atoms with Gasteiger partial charge in [0.05, 0.1) is 18.9 Å². The summed E-state index contributed by atoms with van der Waals surface area (Å²) in [7, 11) is 1.75. The Kier molecular flexibility index (Phi) is 5.93. The number of aryl methyl sites for hydroxylation is 1. The number of ether oxygens (including phenoxy) is 1. The van der Waals surface area contributed by atoms with E-state index in [1.807, 2.05) is 18.3 Å². The van der Waals surface area contributed by atoms with Gasteiger partial charge in [-0.3, -0.25) is 4.98 Å². The summed E-state index contributed by atoms with van der Waals surface area (Å²) in [5.74, 6) is 5.05. The van der Waals surface area contributed by atoms with Gasteiger partial charge in [-0.25, -0.2) is 0 Å². The van der Waals surface area contributed by atoms with Crippen molar-refractivity contribution < 1.29 is 9.84 Å². The van der Waals surface area contributed by atoms with Crippen LogP contribution in [0.25, 0.3) is 0 Å². The molecule has 0 radical (unpaired) electrons. The summed E-state index contributed by atoms with van der Waals surface area (Å²) < 4.78 is 5.54. The molecule has 3 fully saturated rings. The van der Waals surface area contributed by atoms with Crippen LogP contribution in [0.15, 0.2) is 30.0 Å². The standard InChI is InChI=1S/C29H43NO2/c1-19(7-12-26-27(32-4)6-5-17-30-26)23-10-11-24-22-9-8-20-18-21(31)13-15-28(20,2)25(22)14-16-29(23,24)3/h5-6,8,17,19,21-25,31H,7,9-16,18H2,1-4H3/t19-,21+,22+,23-,24+,25+,28+,29-/m1/s1. The molecular formula is C29H43NO2. The number of allylic oxidation sites excluding steroid dienone is 1. The maximum absolute atomic E-state index is 10.3. The summed E-state index contributed by atoms with van der Waals surface area (Å²) in [4.78, 5) is 4.60. The number of nitrogens with zero attached hydrogens (tertiary/aromatic N) is 1. The van der Waals surface area contributed by atoms with E-state index in [0.29, 0.717) is 10.8 Å². The lowest BCUT2D eigenvalue weighted by atomic mass is 9.47. The smallest absolute Gasteiger partial charge is 0.140 e. The number of methoxy groups -OCH3 is 1. The average Bonchev–Trinajstić information content (AvgIpc) is 3.15. The van der Waals surface area contributed by atoms with Crippen molar-refractivity contribution in [1.29, 1.82) is 0 Å².